The Hall–Kier alpha value is -5.43. The Morgan fingerprint density at radius 1 is 0.576 bits per heavy atom. The van der Waals surface area contributed by atoms with Crippen molar-refractivity contribution in [2.75, 3.05) is 72.7 Å². The van der Waals surface area contributed by atoms with Crippen molar-refractivity contribution in [1.82, 2.24) is 0 Å². The van der Waals surface area contributed by atoms with E-state index in [1.807, 2.05) is 48.6 Å². The zero-order valence-electron chi connectivity index (χ0n) is 34.7. The molecule has 0 unspecified atom stereocenters. The molecule has 316 valence electrons. The van der Waals surface area contributed by atoms with Crippen LogP contribution in [0.5, 0.6) is 34.5 Å². The lowest BCUT2D eigenvalue weighted by Gasteiger charge is -2.19. The van der Waals surface area contributed by atoms with Crippen molar-refractivity contribution in [2.24, 2.45) is 10.2 Å². The quantitative estimate of drug-likeness (QED) is 0.0315. The number of hydrogen-bond donors (Lipinski definition) is 0. The number of hydrogen-bond acceptors (Lipinski definition) is 12. The molecule has 0 fully saturated rings. The van der Waals surface area contributed by atoms with Crippen LogP contribution in [0.2, 0.25) is 0 Å². The van der Waals surface area contributed by atoms with E-state index < -0.39 is 5.97 Å². The number of unbranched alkanes of at least 4 members (excludes halogenated alkanes) is 3. The molecule has 0 aliphatic carbocycles. The van der Waals surface area contributed by atoms with E-state index >= 15 is 0 Å². The third-order valence-electron chi connectivity index (χ3n) is 8.92. The molecule has 1 heterocycles. The summed E-state index contributed by atoms with van der Waals surface area (Å²) in [6.07, 6.45) is 10.1. The van der Waals surface area contributed by atoms with Crippen molar-refractivity contribution in [2.45, 2.75) is 59.3 Å². The summed E-state index contributed by atoms with van der Waals surface area (Å²) in [6, 6.07) is 23.5. The van der Waals surface area contributed by atoms with Crippen LogP contribution in [-0.4, -0.2) is 78.6 Å². The summed E-state index contributed by atoms with van der Waals surface area (Å²) in [5, 5.41) is 8.78. The van der Waals surface area contributed by atoms with Gasteiger partial charge < -0.3 is 42.6 Å². The highest BCUT2D eigenvalue weighted by atomic mass is 16.6. The number of nitrogens with zero attached hydrogens (tertiary/aromatic N) is 2. The highest BCUT2D eigenvalue weighted by Gasteiger charge is 2.18. The number of rotatable bonds is 18. The first kappa shape index (κ1) is 44.7. The molecule has 59 heavy (non-hydrogen) atoms. The van der Waals surface area contributed by atoms with Gasteiger partial charge in [-0.3, -0.25) is 0 Å². The number of fused-ring (bicyclic) bond motifs is 1. The Bertz CT molecular complexity index is 1900. The maximum Gasteiger partial charge on any atom is 0.343 e. The van der Waals surface area contributed by atoms with Gasteiger partial charge in [-0.25, -0.2) is 4.79 Å². The van der Waals surface area contributed by atoms with Crippen molar-refractivity contribution < 1.29 is 47.4 Å². The van der Waals surface area contributed by atoms with E-state index in [0.717, 1.165) is 49.7 Å². The molecule has 12 heteroatoms. The number of ether oxygens (including phenoxy) is 9. The normalized spacial score (nSPS) is 14.1. The average Bonchev–Trinajstić information content (AvgIpc) is 3.27. The van der Waals surface area contributed by atoms with Gasteiger partial charge in [0.05, 0.1) is 76.4 Å². The van der Waals surface area contributed by atoms with Gasteiger partial charge in [-0.1, -0.05) is 64.3 Å². The van der Waals surface area contributed by atoms with E-state index in [-0.39, 0.29) is 6.61 Å². The number of esters is 1. The smallest absolute Gasteiger partial charge is 0.343 e. The molecule has 0 spiro atoms. The van der Waals surface area contributed by atoms with Gasteiger partial charge in [-0.15, -0.1) is 0 Å². The molecule has 4 aromatic rings. The van der Waals surface area contributed by atoms with Gasteiger partial charge in [0.1, 0.15) is 19.0 Å². The molecular weight excluding hydrogens is 753 g/mol. The molecule has 0 saturated heterocycles. The molecular formula is C47H58N2O10. The fourth-order valence-electron chi connectivity index (χ4n) is 5.58. The van der Waals surface area contributed by atoms with E-state index in [1.54, 1.807) is 42.5 Å². The second-order valence-electron chi connectivity index (χ2n) is 13.6. The van der Waals surface area contributed by atoms with E-state index in [4.69, 9.17) is 42.6 Å². The first-order chi connectivity index (χ1) is 29.1. The molecule has 1 aliphatic heterocycles. The fraction of sp³-hybridized carbons (Fsp3) is 0.426. The minimum atomic E-state index is -0.540. The van der Waals surface area contributed by atoms with Gasteiger partial charge in [0.2, 0.25) is 5.75 Å². The Balaban J connectivity index is 1.19. The van der Waals surface area contributed by atoms with Crippen molar-refractivity contribution >= 4 is 29.5 Å². The summed E-state index contributed by atoms with van der Waals surface area (Å²) in [6.45, 7) is 11.5. The highest BCUT2D eigenvalue weighted by Crippen LogP contribution is 2.42. The summed E-state index contributed by atoms with van der Waals surface area (Å²) < 4.78 is 52.7. The minimum absolute atomic E-state index is 0.277. The molecule has 0 saturated carbocycles. The maximum absolute atomic E-state index is 13.1. The molecule has 4 aromatic carbocycles. The van der Waals surface area contributed by atoms with Crippen LogP contribution >= 0.6 is 0 Å². The van der Waals surface area contributed by atoms with Crippen molar-refractivity contribution in [3.05, 3.63) is 95.6 Å². The molecule has 0 atom stereocenters. The predicted molar refractivity (Wildman–Crippen MR) is 228 cm³/mol. The summed E-state index contributed by atoms with van der Waals surface area (Å²) in [5.41, 5.74) is 3.52. The summed E-state index contributed by atoms with van der Waals surface area (Å²) >= 11 is 0. The molecule has 0 aromatic heterocycles. The highest BCUT2D eigenvalue weighted by molar-refractivity contribution is 5.92. The van der Waals surface area contributed by atoms with Crippen LogP contribution in [0, 0.1) is 0 Å². The monoisotopic (exact) mass is 810 g/mol. The third kappa shape index (κ3) is 15.4. The molecule has 0 amide bonds. The van der Waals surface area contributed by atoms with Gasteiger partial charge in [0.15, 0.2) is 23.0 Å². The lowest BCUT2D eigenvalue weighted by atomic mass is 10.1. The zero-order chi connectivity index (χ0) is 41.3. The van der Waals surface area contributed by atoms with E-state index in [9.17, 15) is 4.79 Å². The van der Waals surface area contributed by atoms with Crippen LogP contribution in [0.15, 0.2) is 89.1 Å². The molecule has 0 bridgehead atoms. The Kier molecular flexibility index (Phi) is 19.6. The first-order valence-electron chi connectivity index (χ1n) is 20.8. The van der Waals surface area contributed by atoms with Gasteiger partial charge in [-0.2, -0.15) is 10.2 Å². The summed E-state index contributed by atoms with van der Waals surface area (Å²) in [4.78, 5) is 13.1. The third-order valence-corrected chi connectivity index (χ3v) is 8.92. The largest absolute Gasteiger partial charge is 0.490 e. The van der Waals surface area contributed by atoms with Crippen LogP contribution in [-0.2, 0) is 14.2 Å². The van der Waals surface area contributed by atoms with Crippen LogP contribution in [0.25, 0.3) is 12.2 Å². The standard InChI is InChI=1S/C47H58N2O10/c1-4-7-24-54-43-23-14-37(45(57-25-8-5-2)46(43)58-26-9-6-3)13-10-36-11-16-39(17-12-36)48-49-40-18-20-41(21-19-40)59-47(50)38-15-22-42-44(35-38)56-34-32-53-30-28-51-27-29-52-31-33-55-42/h10-23,35H,4-9,24-34H2,1-3H3/b13-10+,49-48?. The molecule has 0 radical (unpaired) electrons. The number of benzene rings is 4. The van der Waals surface area contributed by atoms with Gasteiger partial charge >= 0.3 is 5.97 Å². The van der Waals surface area contributed by atoms with Crippen molar-refractivity contribution in [3.8, 4) is 34.5 Å². The number of carbonyl (C=O) groups excluding carboxylic acids is 1. The second kappa shape index (κ2) is 25.8. The topological polar surface area (TPSA) is 125 Å². The van der Waals surface area contributed by atoms with Crippen LogP contribution in [0.3, 0.4) is 0 Å². The van der Waals surface area contributed by atoms with Gasteiger partial charge in [0.25, 0.3) is 0 Å². The van der Waals surface area contributed by atoms with E-state index in [2.05, 4.69) is 31.0 Å². The summed E-state index contributed by atoms with van der Waals surface area (Å²) in [7, 11) is 0. The fourth-order valence-corrected chi connectivity index (χ4v) is 5.58. The Morgan fingerprint density at radius 2 is 1.12 bits per heavy atom. The zero-order valence-corrected chi connectivity index (χ0v) is 34.7. The molecule has 1 aliphatic rings. The lowest BCUT2D eigenvalue weighted by Crippen LogP contribution is -2.13. The van der Waals surface area contributed by atoms with Crippen molar-refractivity contribution in [3.63, 3.8) is 0 Å². The average molecular weight is 811 g/mol. The molecule has 5 rings (SSSR count). The van der Waals surface area contributed by atoms with Crippen LogP contribution in [0.4, 0.5) is 11.4 Å². The number of azo groups is 1. The Morgan fingerprint density at radius 3 is 1.73 bits per heavy atom. The van der Waals surface area contributed by atoms with Crippen molar-refractivity contribution in [1.29, 1.82) is 0 Å². The molecule has 0 N–H and O–H groups in total. The SMILES string of the molecule is CCCCOc1ccc(/C=C/c2ccc(N=Nc3ccc(OC(=O)c4ccc5c(c4)OCCOCCOCCOCCO5)cc3)cc2)c(OCCCC)c1OCCCC. The van der Waals surface area contributed by atoms with Gasteiger partial charge in [0, 0.05) is 5.56 Å². The summed E-state index contributed by atoms with van der Waals surface area (Å²) in [5.74, 6) is 2.83. The maximum atomic E-state index is 13.1. The second-order valence-corrected chi connectivity index (χ2v) is 13.6. The van der Waals surface area contributed by atoms with E-state index in [1.165, 1.54) is 0 Å². The Labute approximate surface area is 348 Å². The first-order valence-corrected chi connectivity index (χ1v) is 20.8. The molecule has 12 nitrogen and oxygen atoms in total. The predicted octanol–water partition coefficient (Wildman–Crippen LogP) is 10.8. The van der Waals surface area contributed by atoms with Crippen LogP contribution in [0.1, 0.15) is 80.8 Å². The minimum Gasteiger partial charge on any atom is -0.490 e. The van der Waals surface area contributed by atoms with Gasteiger partial charge in [-0.05, 0) is 91.6 Å². The lowest BCUT2D eigenvalue weighted by molar-refractivity contribution is 0.00708. The van der Waals surface area contributed by atoms with Crippen LogP contribution < -0.4 is 28.4 Å². The van der Waals surface area contributed by atoms with E-state index in [0.29, 0.717) is 118 Å². The number of carbonyl (C=O) groups is 1.